The van der Waals surface area contributed by atoms with Crippen molar-refractivity contribution in [2.75, 3.05) is 6.61 Å². The van der Waals surface area contributed by atoms with Crippen LogP contribution in [0.15, 0.2) is 0 Å². The maximum atomic E-state index is 10.4. The Morgan fingerprint density at radius 3 is 2.67 bits per heavy atom. The second kappa shape index (κ2) is 3.18. The first-order valence-corrected chi connectivity index (χ1v) is 3.49. The number of hydrogen-bond donors (Lipinski definition) is 0. The van der Waals surface area contributed by atoms with E-state index in [0.717, 1.165) is 19.3 Å². The Hall–Kier alpha value is -0.0800. The molecule has 1 fully saturated rings. The molecule has 0 radical (unpaired) electrons. The quantitative estimate of drug-likeness (QED) is 0.525. The highest BCUT2D eigenvalue weighted by molar-refractivity contribution is 6.64. The number of rotatable bonds is 1. The van der Waals surface area contributed by atoms with E-state index in [-0.39, 0.29) is 11.3 Å². The molecule has 0 N–H and O–H groups in total. The molecule has 3 heteroatoms. The van der Waals surface area contributed by atoms with Crippen molar-refractivity contribution in [2.24, 2.45) is 0 Å². The molecular formula is C6H9ClO2. The zero-order valence-corrected chi connectivity index (χ0v) is 5.86. The van der Waals surface area contributed by atoms with Crippen LogP contribution < -0.4 is 0 Å². The van der Waals surface area contributed by atoms with Gasteiger partial charge in [0.15, 0.2) is 0 Å². The van der Waals surface area contributed by atoms with Crippen molar-refractivity contribution in [3.8, 4) is 0 Å². The van der Waals surface area contributed by atoms with Crippen molar-refractivity contribution < 1.29 is 9.53 Å². The summed E-state index contributed by atoms with van der Waals surface area (Å²) in [6.07, 6.45) is 2.59. The summed E-state index contributed by atoms with van der Waals surface area (Å²) in [4.78, 5) is 10.4. The van der Waals surface area contributed by atoms with Gasteiger partial charge in [-0.25, -0.2) is 0 Å². The van der Waals surface area contributed by atoms with E-state index < -0.39 is 0 Å². The summed E-state index contributed by atoms with van der Waals surface area (Å²) in [6, 6.07) is 0. The summed E-state index contributed by atoms with van der Waals surface area (Å²) in [5.41, 5.74) is 0. The summed E-state index contributed by atoms with van der Waals surface area (Å²) < 4.78 is 5.06. The highest BCUT2D eigenvalue weighted by atomic mass is 35.5. The smallest absolute Gasteiger partial charge is 0.250 e. The number of carbonyl (C=O) groups excluding carboxylic acids is 1. The third-order valence-electron chi connectivity index (χ3n) is 1.43. The van der Waals surface area contributed by atoms with Crippen LogP contribution in [0.5, 0.6) is 0 Å². The van der Waals surface area contributed by atoms with Gasteiger partial charge in [-0.05, 0) is 30.9 Å². The highest BCUT2D eigenvalue weighted by Gasteiger charge is 2.19. The fraction of sp³-hybridized carbons (Fsp3) is 0.833. The first-order chi connectivity index (χ1) is 4.30. The Balaban J connectivity index is 2.31. The lowest BCUT2D eigenvalue weighted by Gasteiger charge is -2.18. The molecule has 1 aliphatic heterocycles. The normalized spacial score (nSPS) is 27.9. The van der Waals surface area contributed by atoms with E-state index in [1.165, 1.54) is 0 Å². The molecule has 0 spiro atoms. The average Bonchev–Trinajstić information content (AvgIpc) is 1.90. The lowest BCUT2D eigenvalue weighted by Crippen LogP contribution is -2.24. The third-order valence-corrected chi connectivity index (χ3v) is 1.68. The standard InChI is InChI=1S/C6H9ClO2/c7-6(8)5-3-1-2-4-9-5/h5H,1-4H2/t5-/m0/s1. The zero-order chi connectivity index (χ0) is 6.69. The molecule has 0 unspecified atom stereocenters. The van der Waals surface area contributed by atoms with Crippen LogP contribution in [0.1, 0.15) is 19.3 Å². The largest absolute Gasteiger partial charge is 0.369 e. The lowest BCUT2D eigenvalue weighted by molar-refractivity contribution is -0.124. The molecule has 1 atom stereocenters. The summed E-state index contributed by atoms with van der Waals surface area (Å²) in [5.74, 6) is 0. The van der Waals surface area contributed by atoms with Gasteiger partial charge >= 0.3 is 0 Å². The molecule has 0 aromatic heterocycles. The minimum absolute atomic E-state index is 0.319. The molecule has 2 nitrogen and oxygen atoms in total. The third kappa shape index (κ3) is 1.95. The van der Waals surface area contributed by atoms with Gasteiger partial charge in [0.1, 0.15) is 6.10 Å². The van der Waals surface area contributed by atoms with E-state index in [2.05, 4.69) is 0 Å². The van der Waals surface area contributed by atoms with E-state index in [1.54, 1.807) is 0 Å². The van der Waals surface area contributed by atoms with Gasteiger partial charge in [-0.15, -0.1) is 0 Å². The van der Waals surface area contributed by atoms with Crippen LogP contribution in [0.4, 0.5) is 0 Å². The van der Waals surface area contributed by atoms with Crippen molar-refractivity contribution in [2.45, 2.75) is 25.4 Å². The Labute approximate surface area is 59.1 Å². The van der Waals surface area contributed by atoms with Gasteiger partial charge in [0.25, 0.3) is 0 Å². The molecule has 0 bridgehead atoms. The van der Waals surface area contributed by atoms with Crippen LogP contribution in [0.25, 0.3) is 0 Å². The van der Waals surface area contributed by atoms with Crippen LogP contribution in [-0.2, 0) is 9.53 Å². The number of carbonyl (C=O) groups is 1. The number of halogens is 1. The van der Waals surface area contributed by atoms with Gasteiger partial charge in [0.2, 0.25) is 5.24 Å². The summed E-state index contributed by atoms with van der Waals surface area (Å²) in [6.45, 7) is 0.684. The van der Waals surface area contributed by atoms with Gasteiger partial charge in [0.05, 0.1) is 0 Å². The van der Waals surface area contributed by atoms with E-state index in [0.29, 0.717) is 6.61 Å². The molecule has 0 saturated carbocycles. The molecule has 9 heavy (non-hydrogen) atoms. The summed E-state index contributed by atoms with van der Waals surface area (Å²) >= 11 is 5.19. The van der Waals surface area contributed by atoms with E-state index in [4.69, 9.17) is 16.3 Å². The Morgan fingerprint density at radius 1 is 1.56 bits per heavy atom. The predicted molar refractivity (Wildman–Crippen MR) is 34.5 cm³/mol. The zero-order valence-electron chi connectivity index (χ0n) is 5.10. The van der Waals surface area contributed by atoms with Gasteiger partial charge in [0, 0.05) is 6.61 Å². The molecule has 1 heterocycles. The Kier molecular flexibility index (Phi) is 2.49. The fourth-order valence-corrected chi connectivity index (χ4v) is 1.09. The van der Waals surface area contributed by atoms with Crippen molar-refractivity contribution in [3.63, 3.8) is 0 Å². The first-order valence-electron chi connectivity index (χ1n) is 3.11. The highest BCUT2D eigenvalue weighted by Crippen LogP contribution is 2.14. The second-order valence-electron chi connectivity index (χ2n) is 2.16. The van der Waals surface area contributed by atoms with Crippen molar-refractivity contribution in [1.82, 2.24) is 0 Å². The molecule has 0 amide bonds. The predicted octanol–water partition coefficient (Wildman–Crippen LogP) is 1.32. The van der Waals surface area contributed by atoms with Crippen molar-refractivity contribution >= 4 is 16.8 Å². The van der Waals surface area contributed by atoms with E-state index in [1.807, 2.05) is 0 Å². The Bertz CT molecular complexity index is 108. The molecule has 1 saturated heterocycles. The molecule has 0 aromatic carbocycles. The molecular weight excluding hydrogens is 140 g/mol. The summed E-state index contributed by atoms with van der Waals surface area (Å²) in [5, 5.41) is -0.352. The van der Waals surface area contributed by atoms with Crippen molar-refractivity contribution in [1.29, 1.82) is 0 Å². The molecule has 0 aromatic rings. The summed E-state index contributed by atoms with van der Waals surface area (Å²) in [7, 11) is 0. The van der Waals surface area contributed by atoms with Gasteiger partial charge in [-0.3, -0.25) is 4.79 Å². The maximum absolute atomic E-state index is 10.4. The molecule has 52 valence electrons. The van der Waals surface area contributed by atoms with E-state index in [9.17, 15) is 4.79 Å². The lowest BCUT2D eigenvalue weighted by atomic mass is 10.1. The topological polar surface area (TPSA) is 26.3 Å². The molecule has 1 aliphatic rings. The average molecular weight is 149 g/mol. The maximum Gasteiger partial charge on any atom is 0.250 e. The van der Waals surface area contributed by atoms with Crippen LogP contribution in [0.3, 0.4) is 0 Å². The van der Waals surface area contributed by atoms with Gasteiger partial charge in [-0.1, -0.05) is 0 Å². The van der Waals surface area contributed by atoms with Gasteiger partial charge < -0.3 is 4.74 Å². The molecule has 1 rings (SSSR count). The monoisotopic (exact) mass is 148 g/mol. The van der Waals surface area contributed by atoms with E-state index >= 15 is 0 Å². The first kappa shape index (κ1) is 7.03. The van der Waals surface area contributed by atoms with Gasteiger partial charge in [-0.2, -0.15) is 0 Å². The van der Waals surface area contributed by atoms with Crippen molar-refractivity contribution in [3.05, 3.63) is 0 Å². The minimum Gasteiger partial charge on any atom is -0.369 e. The number of ether oxygens (including phenoxy) is 1. The van der Waals surface area contributed by atoms with Crippen LogP contribution in [0, 0.1) is 0 Å². The SMILES string of the molecule is O=C(Cl)[C@@H]1CCCCO1. The van der Waals surface area contributed by atoms with Crippen LogP contribution >= 0.6 is 11.6 Å². The Morgan fingerprint density at radius 2 is 2.33 bits per heavy atom. The van der Waals surface area contributed by atoms with Crippen LogP contribution in [0.2, 0.25) is 0 Å². The fourth-order valence-electron chi connectivity index (χ4n) is 0.920. The van der Waals surface area contributed by atoms with Crippen LogP contribution in [-0.4, -0.2) is 18.0 Å². The minimum atomic E-state index is -0.352. The molecule has 0 aliphatic carbocycles. The number of hydrogen-bond acceptors (Lipinski definition) is 2. The second-order valence-corrected chi connectivity index (χ2v) is 2.53.